The van der Waals surface area contributed by atoms with Gasteiger partial charge in [-0.1, -0.05) is 40.5 Å². The summed E-state index contributed by atoms with van der Waals surface area (Å²) in [4.78, 5) is 21.5. The summed E-state index contributed by atoms with van der Waals surface area (Å²) < 4.78 is 15.9. The van der Waals surface area contributed by atoms with Crippen LogP contribution in [0.15, 0.2) is 67.0 Å². The van der Waals surface area contributed by atoms with Gasteiger partial charge in [-0.3, -0.25) is 14.7 Å². The molecule has 5 aromatic rings. The van der Waals surface area contributed by atoms with E-state index in [0.29, 0.717) is 44.2 Å². The van der Waals surface area contributed by atoms with Gasteiger partial charge in [0.25, 0.3) is 5.91 Å². The van der Waals surface area contributed by atoms with Crippen molar-refractivity contribution in [2.45, 2.75) is 51.2 Å². The molecule has 0 unspecified atom stereocenters. The van der Waals surface area contributed by atoms with E-state index < -0.39 is 11.9 Å². The number of amides is 1. The second kappa shape index (κ2) is 14.2. The molecule has 0 spiro atoms. The predicted molar refractivity (Wildman–Crippen MR) is 196 cm³/mol. The molecule has 1 aliphatic heterocycles. The fourth-order valence-corrected chi connectivity index (χ4v) is 6.74. The van der Waals surface area contributed by atoms with E-state index >= 15 is 0 Å². The normalized spacial score (nSPS) is 14.7. The Morgan fingerprint density at radius 3 is 2.48 bits per heavy atom. The smallest absolute Gasteiger partial charge is 0.253 e. The first-order valence-corrected chi connectivity index (χ1v) is 17.1. The van der Waals surface area contributed by atoms with Gasteiger partial charge in [0, 0.05) is 61.2 Å². The van der Waals surface area contributed by atoms with Crippen molar-refractivity contribution in [3.05, 3.63) is 105 Å². The second-order valence-corrected chi connectivity index (χ2v) is 14.5. The van der Waals surface area contributed by atoms with Gasteiger partial charge in [-0.25, -0.2) is 9.07 Å². The minimum absolute atomic E-state index is 0.0575. The summed E-state index contributed by atoms with van der Waals surface area (Å²) in [6.07, 6.45) is 5.32. The van der Waals surface area contributed by atoms with Gasteiger partial charge in [0.2, 0.25) is 0 Å². The molecular formula is C37H38Cl2FN9O. The second-order valence-electron chi connectivity index (χ2n) is 13.7. The summed E-state index contributed by atoms with van der Waals surface area (Å²) >= 11 is 12.9. The maximum absolute atomic E-state index is 13.9. The molecule has 3 aromatic carbocycles. The highest BCUT2D eigenvalue weighted by Gasteiger charge is 2.29. The first-order valence-electron chi connectivity index (χ1n) is 16.3. The lowest BCUT2D eigenvalue weighted by Crippen LogP contribution is -2.46. The molecule has 0 aliphatic carbocycles. The van der Waals surface area contributed by atoms with Gasteiger partial charge in [0.1, 0.15) is 17.6 Å². The highest BCUT2D eigenvalue weighted by molar-refractivity contribution is 6.36. The van der Waals surface area contributed by atoms with E-state index in [1.807, 2.05) is 35.1 Å². The van der Waals surface area contributed by atoms with Crippen LogP contribution in [0.25, 0.3) is 10.9 Å². The molecule has 6 rings (SSSR count). The number of fused-ring (bicyclic) bond motifs is 1. The van der Waals surface area contributed by atoms with Crippen LogP contribution in [0.5, 0.6) is 0 Å². The average molecular weight is 715 g/mol. The molecule has 258 valence electrons. The van der Waals surface area contributed by atoms with Gasteiger partial charge in [-0.05, 0) is 81.6 Å². The molecule has 1 aliphatic rings. The quantitative estimate of drug-likeness (QED) is 0.165. The van der Waals surface area contributed by atoms with E-state index in [1.165, 1.54) is 29.3 Å². The Bertz CT molecular complexity index is 2100. The van der Waals surface area contributed by atoms with E-state index in [2.05, 4.69) is 57.7 Å². The molecule has 3 heterocycles. The van der Waals surface area contributed by atoms with Gasteiger partial charge >= 0.3 is 0 Å². The maximum Gasteiger partial charge on any atom is 0.253 e. The van der Waals surface area contributed by atoms with Crippen molar-refractivity contribution in [3.8, 4) is 6.07 Å². The van der Waals surface area contributed by atoms with E-state index in [4.69, 9.17) is 23.2 Å². The van der Waals surface area contributed by atoms with E-state index in [0.717, 1.165) is 31.5 Å². The fourth-order valence-electron chi connectivity index (χ4n) is 6.29. The lowest BCUT2D eigenvalue weighted by molar-refractivity contribution is 0.0827. The zero-order valence-electron chi connectivity index (χ0n) is 28.5. The predicted octanol–water partition coefficient (Wildman–Crippen LogP) is 8.23. The van der Waals surface area contributed by atoms with Crippen molar-refractivity contribution >= 4 is 57.1 Å². The van der Waals surface area contributed by atoms with Crippen LogP contribution in [0.3, 0.4) is 0 Å². The van der Waals surface area contributed by atoms with Gasteiger partial charge in [0.15, 0.2) is 0 Å². The molecule has 1 amide bonds. The topological polar surface area (TPSA) is 115 Å². The van der Waals surface area contributed by atoms with Crippen molar-refractivity contribution in [2.75, 3.05) is 37.8 Å². The molecule has 0 radical (unpaired) electrons. The molecule has 1 atom stereocenters. The van der Waals surface area contributed by atoms with Crippen LogP contribution in [-0.4, -0.2) is 68.4 Å². The number of hydrogen-bond acceptors (Lipinski definition) is 8. The number of carbonyl (C=O) groups is 1. The number of hydrogen-bond donors (Lipinski definition) is 2. The summed E-state index contributed by atoms with van der Waals surface area (Å²) in [6.45, 7) is 8.64. The number of aromatic nitrogens is 4. The monoisotopic (exact) mass is 713 g/mol. The van der Waals surface area contributed by atoms with Crippen molar-refractivity contribution in [1.29, 1.82) is 5.26 Å². The van der Waals surface area contributed by atoms with Crippen molar-refractivity contribution in [2.24, 2.45) is 0 Å². The van der Waals surface area contributed by atoms with E-state index in [-0.39, 0.29) is 28.1 Å². The average Bonchev–Trinajstić information content (AvgIpc) is 3.58. The molecule has 0 saturated carbocycles. The lowest BCUT2D eigenvalue weighted by atomic mass is 9.98. The van der Waals surface area contributed by atoms with Gasteiger partial charge < -0.3 is 15.5 Å². The molecule has 50 heavy (non-hydrogen) atoms. The number of benzene rings is 3. The standard InChI is InChI=1S/C37H38Cl2FN9O/c1-37(2,3)48-13-11-27(12-14-48)49-21-32(45-46-49)34(22-7-6-8-23(15-22)36(50)47(4)5)44-26-16-28-33(43-25-9-10-31(40)29(38)17-25)24(19-41)20-42-35(28)30(39)18-26/h6-10,15-18,20-21,27,34,44H,11-14H2,1-5H3,(H,42,43)/t34-/m0/s1. The Morgan fingerprint density at radius 2 is 1.80 bits per heavy atom. The molecule has 1 saturated heterocycles. The Kier molecular flexibility index (Phi) is 9.98. The van der Waals surface area contributed by atoms with Gasteiger partial charge in [-0.15, -0.1) is 5.10 Å². The molecule has 2 aromatic heterocycles. The summed E-state index contributed by atoms with van der Waals surface area (Å²) in [6, 6.07) is 17.1. The van der Waals surface area contributed by atoms with E-state index in [1.54, 1.807) is 26.2 Å². The SMILES string of the molecule is CN(C)C(=O)c1cccc([C@H](Nc2cc(Cl)c3ncc(C#N)c(Nc4ccc(F)c(Cl)c4)c3c2)c2cn(C3CCN(C(C)(C)C)CC3)nn2)c1. The van der Waals surface area contributed by atoms with E-state index in [9.17, 15) is 14.4 Å². The Morgan fingerprint density at radius 1 is 1.06 bits per heavy atom. The molecule has 13 heteroatoms. The highest BCUT2D eigenvalue weighted by atomic mass is 35.5. The van der Waals surface area contributed by atoms with Crippen molar-refractivity contribution < 1.29 is 9.18 Å². The molecular weight excluding hydrogens is 676 g/mol. The number of pyridine rings is 1. The third-order valence-electron chi connectivity index (χ3n) is 9.03. The zero-order chi connectivity index (χ0) is 35.7. The fraction of sp³-hybridized carbons (Fsp3) is 0.324. The first kappa shape index (κ1) is 35.1. The summed E-state index contributed by atoms with van der Waals surface area (Å²) in [5, 5.41) is 26.9. The van der Waals surface area contributed by atoms with Crippen LogP contribution >= 0.6 is 23.2 Å². The molecule has 0 bridgehead atoms. The van der Waals surface area contributed by atoms with Crippen LogP contribution in [0.1, 0.15) is 72.9 Å². The van der Waals surface area contributed by atoms with Crippen LogP contribution in [0.4, 0.5) is 21.5 Å². The number of likely N-dealkylation sites (tertiary alicyclic amines) is 1. The maximum atomic E-state index is 13.9. The lowest BCUT2D eigenvalue weighted by Gasteiger charge is -2.40. The van der Waals surface area contributed by atoms with Gasteiger partial charge in [0.05, 0.1) is 45.1 Å². The molecule has 1 fully saturated rings. The van der Waals surface area contributed by atoms with Gasteiger partial charge in [-0.2, -0.15) is 5.26 Å². The van der Waals surface area contributed by atoms with Crippen molar-refractivity contribution in [1.82, 2.24) is 29.8 Å². The number of carbonyl (C=O) groups excluding carboxylic acids is 1. The van der Waals surface area contributed by atoms with Crippen LogP contribution < -0.4 is 10.6 Å². The van der Waals surface area contributed by atoms with Crippen LogP contribution in [0.2, 0.25) is 10.0 Å². The number of nitrogens with one attached hydrogen (secondary N) is 2. The Hall–Kier alpha value is -4.76. The van der Waals surface area contributed by atoms with Crippen molar-refractivity contribution in [3.63, 3.8) is 0 Å². The highest BCUT2D eigenvalue weighted by Crippen LogP contribution is 2.37. The summed E-state index contributed by atoms with van der Waals surface area (Å²) in [5.41, 5.74) is 4.37. The molecule has 2 N–H and O–H groups in total. The zero-order valence-corrected chi connectivity index (χ0v) is 30.0. The number of nitriles is 1. The number of piperidine rings is 1. The van der Waals surface area contributed by atoms with Crippen LogP contribution in [0, 0.1) is 17.1 Å². The Balaban J connectivity index is 1.40. The number of halogens is 3. The minimum atomic E-state index is -0.554. The first-order chi connectivity index (χ1) is 23.8. The van der Waals surface area contributed by atoms with Crippen LogP contribution in [-0.2, 0) is 0 Å². The third kappa shape index (κ3) is 7.38. The summed E-state index contributed by atoms with van der Waals surface area (Å²) in [7, 11) is 3.43. The Labute approximate surface area is 300 Å². The number of nitrogens with zero attached hydrogens (tertiary/aromatic N) is 7. The third-order valence-corrected chi connectivity index (χ3v) is 9.61. The summed E-state index contributed by atoms with van der Waals surface area (Å²) in [5.74, 6) is -0.679. The number of anilines is 3. The molecule has 10 nitrogen and oxygen atoms in total. The number of rotatable bonds is 8. The largest absolute Gasteiger partial charge is 0.373 e. The minimum Gasteiger partial charge on any atom is -0.373 e.